The van der Waals surface area contributed by atoms with Crippen LogP contribution in [0.4, 0.5) is 4.79 Å². The van der Waals surface area contributed by atoms with Crippen molar-refractivity contribution in [3.8, 4) is 0 Å². The molecule has 1 amide bonds. The Bertz CT molecular complexity index is 1100. The number of carbonyl (C=O) groups is 1. The van der Waals surface area contributed by atoms with Crippen LogP contribution in [0.15, 0.2) is 33.7 Å². The minimum atomic E-state index is -0.513. The second kappa shape index (κ2) is 7.82. The highest BCUT2D eigenvalue weighted by Crippen LogP contribution is 2.30. The Morgan fingerprint density at radius 1 is 1.28 bits per heavy atom. The minimum Gasteiger partial charge on any atom is -0.444 e. The van der Waals surface area contributed by atoms with Crippen LogP contribution in [0.3, 0.4) is 0 Å². The van der Waals surface area contributed by atoms with Gasteiger partial charge < -0.3 is 14.6 Å². The van der Waals surface area contributed by atoms with Gasteiger partial charge in [-0.2, -0.15) is 0 Å². The number of aromatic nitrogens is 3. The number of hydrogen-bond donors (Lipinski definition) is 1. The minimum absolute atomic E-state index is 0. The third-order valence-electron chi connectivity index (χ3n) is 4.98. The number of ether oxygens (including phenoxy) is 1. The molecule has 1 N–H and O–H groups in total. The summed E-state index contributed by atoms with van der Waals surface area (Å²) in [5.74, 6) is 0. The van der Waals surface area contributed by atoms with Crippen LogP contribution in [0.1, 0.15) is 47.1 Å². The normalized spacial score (nSPS) is 15.5. The number of nitrogens with one attached hydrogen (secondary N) is 1. The van der Waals surface area contributed by atoms with E-state index in [1.165, 1.54) is 0 Å². The molecule has 0 aliphatic carbocycles. The number of rotatable bonds is 1. The second-order valence-electron chi connectivity index (χ2n) is 8.18. The predicted octanol–water partition coefficient (Wildman–Crippen LogP) is 4.85. The average molecular weight is 463 g/mol. The lowest BCUT2D eigenvalue weighted by Crippen LogP contribution is -2.43. The summed E-state index contributed by atoms with van der Waals surface area (Å²) in [5.41, 5.74) is 1.79. The Morgan fingerprint density at radius 2 is 1.97 bits per heavy atom. The fourth-order valence-electron chi connectivity index (χ4n) is 3.76. The molecule has 8 heteroatoms. The number of nitrogens with zero attached hydrogens (tertiary/aromatic N) is 3. The lowest BCUT2D eigenvalue weighted by Gasteiger charge is -2.33. The van der Waals surface area contributed by atoms with Gasteiger partial charge in [0, 0.05) is 29.0 Å². The molecule has 3 aromatic rings. The number of hydrogen-bond acceptors (Lipinski definition) is 4. The lowest BCUT2D eigenvalue weighted by atomic mass is 10.0. The first-order valence-corrected chi connectivity index (χ1v) is 10.2. The molecule has 29 heavy (non-hydrogen) atoms. The maximum Gasteiger partial charge on any atom is 0.410 e. The maximum absolute atomic E-state index is 12.7. The van der Waals surface area contributed by atoms with E-state index in [1.54, 1.807) is 11.1 Å². The van der Waals surface area contributed by atoms with Crippen molar-refractivity contribution in [2.45, 2.75) is 52.7 Å². The van der Waals surface area contributed by atoms with E-state index >= 15 is 0 Å². The smallest absolute Gasteiger partial charge is 0.410 e. The summed E-state index contributed by atoms with van der Waals surface area (Å²) in [6, 6.07) is 5.88. The number of likely N-dealkylation sites (tertiary alicyclic amines) is 1. The third-order valence-corrected chi connectivity index (χ3v) is 5.48. The number of pyridine rings is 1. The molecule has 0 radical (unpaired) electrons. The van der Waals surface area contributed by atoms with Gasteiger partial charge in [-0.3, -0.25) is 9.55 Å². The van der Waals surface area contributed by atoms with E-state index in [1.807, 2.05) is 43.5 Å². The van der Waals surface area contributed by atoms with Gasteiger partial charge in [-0.05, 0) is 51.8 Å². The summed E-state index contributed by atoms with van der Waals surface area (Å²) in [5, 5.41) is 0.930. The molecular weight excluding hydrogens is 436 g/mol. The Morgan fingerprint density at radius 3 is 2.62 bits per heavy atom. The van der Waals surface area contributed by atoms with Crippen molar-refractivity contribution in [1.29, 1.82) is 0 Å². The van der Waals surface area contributed by atoms with Gasteiger partial charge >= 0.3 is 11.8 Å². The Balaban J connectivity index is 0.00000240. The van der Waals surface area contributed by atoms with E-state index in [-0.39, 0.29) is 25.3 Å². The summed E-state index contributed by atoms with van der Waals surface area (Å²) in [7, 11) is 0. The van der Waals surface area contributed by atoms with Gasteiger partial charge in [-0.1, -0.05) is 23.4 Å². The molecule has 0 atom stereocenters. The van der Waals surface area contributed by atoms with Crippen LogP contribution in [0, 0.1) is 0 Å². The fraction of sp³-hybridized carbons (Fsp3) is 0.476. The van der Waals surface area contributed by atoms with Crippen LogP contribution in [0.25, 0.3) is 21.9 Å². The molecule has 0 spiro atoms. The molecular formula is C21H27BrN4O3. The van der Waals surface area contributed by atoms with Crippen LogP contribution in [0.2, 0.25) is 0 Å². The summed E-state index contributed by atoms with van der Waals surface area (Å²) in [4.78, 5) is 34.1. The number of halogens is 1. The molecule has 1 aliphatic heterocycles. The Hall–Kier alpha value is -2.35. The van der Waals surface area contributed by atoms with E-state index in [0.29, 0.717) is 25.9 Å². The molecule has 0 bridgehead atoms. The van der Waals surface area contributed by atoms with Gasteiger partial charge in [0.1, 0.15) is 5.60 Å². The lowest BCUT2D eigenvalue weighted by molar-refractivity contribution is 0.0189. The van der Waals surface area contributed by atoms with E-state index in [4.69, 9.17) is 4.74 Å². The van der Waals surface area contributed by atoms with E-state index in [2.05, 4.69) is 25.9 Å². The first kappa shape index (κ1) is 21.4. The number of imidazole rings is 1. The van der Waals surface area contributed by atoms with Crippen molar-refractivity contribution < 1.29 is 9.53 Å². The number of amides is 1. The SMILES string of the molecule is C.CC(C)(C)OC(=O)N1CCC(n2c(=O)[nH]c3cnc4ccc(Br)cc4c32)CC1. The van der Waals surface area contributed by atoms with Gasteiger partial charge in [0.15, 0.2) is 0 Å². The summed E-state index contributed by atoms with van der Waals surface area (Å²) in [6.07, 6.45) is 2.81. The zero-order valence-corrected chi connectivity index (χ0v) is 17.7. The Kier molecular flexibility index (Phi) is 5.76. The van der Waals surface area contributed by atoms with Gasteiger partial charge in [-0.25, -0.2) is 9.59 Å². The van der Waals surface area contributed by atoms with Crippen molar-refractivity contribution in [3.05, 3.63) is 39.4 Å². The first-order valence-electron chi connectivity index (χ1n) is 9.39. The van der Waals surface area contributed by atoms with Crippen molar-refractivity contribution in [2.75, 3.05) is 13.1 Å². The fourth-order valence-corrected chi connectivity index (χ4v) is 4.12. The summed E-state index contributed by atoms with van der Waals surface area (Å²) >= 11 is 3.51. The molecule has 7 nitrogen and oxygen atoms in total. The number of piperidine rings is 1. The predicted molar refractivity (Wildman–Crippen MR) is 118 cm³/mol. The highest BCUT2D eigenvalue weighted by molar-refractivity contribution is 9.10. The highest BCUT2D eigenvalue weighted by Gasteiger charge is 2.29. The number of aromatic amines is 1. The molecule has 156 valence electrons. The number of fused-ring (bicyclic) bond motifs is 3. The highest BCUT2D eigenvalue weighted by atomic mass is 79.9. The molecule has 0 saturated carbocycles. The monoisotopic (exact) mass is 462 g/mol. The van der Waals surface area contributed by atoms with Gasteiger partial charge in [0.05, 0.1) is 22.7 Å². The standard InChI is InChI=1S/C20H23BrN4O3.CH4/c1-20(2,3)28-19(27)24-8-6-13(7-9-24)25-17-14-10-12(21)4-5-15(14)22-11-16(17)23-18(25)26;/h4-5,10-11,13H,6-9H2,1-3H3,(H,23,26);1H4. The summed E-state index contributed by atoms with van der Waals surface area (Å²) in [6.45, 7) is 6.71. The average Bonchev–Trinajstić information content (AvgIpc) is 2.96. The molecule has 1 saturated heterocycles. The number of benzene rings is 1. The van der Waals surface area contributed by atoms with Crippen molar-refractivity contribution >= 4 is 44.0 Å². The largest absolute Gasteiger partial charge is 0.444 e. The van der Waals surface area contributed by atoms with Gasteiger partial charge in [-0.15, -0.1) is 0 Å². The molecule has 3 heterocycles. The topological polar surface area (TPSA) is 80.2 Å². The van der Waals surface area contributed by atoms with E-state index in [9.17, 15) is 9.59 Å². The van der Waals surface area contributed by atoms with Crippen LogP contribution in [0.5, 0.6) is 0 Å². The van der Waals surface area contributed by atoms with Crippen LogP contribution >= 0.6 is 15.9 Å². The van der Waals surface area contributed by atoms with Gasteiger partial charge in [0.2, 0.25) is 0 Å². The molecule has 1 aromatic carbocycles. The van der Waals surface area contributed by atoms with E-state index in [0.717, 1.165) is 26.4 Å². The number of carbonyl (C=O) groups excluding carboxylic acids is 1. The summed E-state index contributed by atoms with van der Waals surface area (Å²) < 4.78 is 8.24. The van der Waals surface area contributed by atoms with Crippen molar-refractivity contribution in [1.82, 2.24) is 19.4 Å². The Labute approximate surface area is 178 Å². The molecule has 1 aliphatic rings. The molecule has 2 aromatic heterocycles. The quantitative estimate of drug-likeness (QED) is 0.560. The van der Waals surface area contributed by atoms with E-state index < -0.39 is 5.60 Å². The van der Waals surface area contributed by atoms with Crippen LogP contribution in [-0.4, -0.2) is 44.2 Å². The molecule has 4 rings (SSSR count). The number of H-pyrrole nitrogens is 1. The van der Waals surface area contributed by atoms with Gasteiger partial charge in [0.25, 0.3) is 0 Å². The molecule has 0 unspecified atom stereocenters. The molecule has 1 fully saturated rings. The zero-order valence-electron chi connectivity index (χ0n) is 16.2. The maximum atomic E-state index is 12.7. The third kappa shape index (κ3) is 4.17. The zero-order chi connectivity index (χ0) is 20.1. The second-order valence-corrected chi connectivity index (χ2v) is 9.10. The van der Waals surface area contributed by atoms with Crippen molar-refractivity contribution in [3.63, 3.8) is 0 Å². The first-order chi connectivity index (χ1) is 13.2. The van der Waals surface area contributed by atoms with Crippen molar-refractivity contribution in [2.24, 2.45) is 0 Å². The van der Waals surface area contributed by atoms with Crippen LogP contribution in [-0.2, 0) is 4.74 Å². The van der Waals surface area contributed by atoms with Crippen LogP contribution < -0.4 is 5.69 Å².